The molecule has 7 N–H and O–H groups in total. The van der Waals surface area contributed by atoms with Crippen molar-refractivity contribution in [1.29, 1.82) is 0 Å². The van der Waals surface area contributed by atoms with E-state index in [1.165, 1.54) is 63.6 Å². The highest BCUT2D eigenvalue weighted by Gasteiger charge is 2.25. The molecule has 0 atom stereocenters. The van der Waals surface area contributed by atoms with Crippen molar-refractivity contribution >= 4 is 92.8 Å². The molecule has 0 unspecified atom stereocenters. The highest BCUT2D eigenvalue weighted by Crippen LogP contribution is 2.45. The van der Waals surface area contributed by atoms with Crippen LogP contribution in [0.4, 0.5) is 39.8 Å². The number of carboxylic acids is 1. The summed E-state index contributed by atoms with van der Waals surface area (Å²) < 4.78 is 113. The Hall–Kier alpha value is -7.76. The molecule has 5 aromatic carbocycles. The average molecular weight is 940 g/mol. The van der Waals surface area contributed by atoms with Gasteiger partial charge >= 0.3 is 5.97 Å². The number of fused-ring (bicyclic) bond motifs is 1. The van der Waals surface area contributed by atoms with Crippen molar-refractivity contribution in [3.8, 4) is 22.9 Å². The van der Waals surface area contributed by atoms with E-state index < -0.39 is 85.3 Å². The maximum absolute atomic E-state index is 13.2. The van der Waals surface area contributed by atoms with E-state index in [0.29, 0.717) is 0 Å². The van der Waals surface area contributed by atoms with Gasteiger partial charge in [-0.25, -0.2) is 9.48 Å². The van der Waals surface area contributed by atoms with E-state index in [-0.39, 0.29) is 56.4 Å². The minimum absolute atomic E-state index is 0.0342. The van der Waals surface area contributed by atoms with Crippen LogP contribution in [0.1, 0.15) is 17.4 Å². The van der Waals surface area contributed by atoms with Gasteiger partial charge in [-0.3, -0.25) is 28.3 Å². The number of carboxylic acid groups (broad SMARTS) is 1. The molecule has 1 heterocycles. The van der Waals surface area contributed by atoms with Crippen LogP contribution in [0.2, 0.25) is 0 Å². The molecule has 6 aromatic rings. The molecular weight excluding hydrogens is 911 g/mol. The van der Waals surface area contributed by atoms with Gasteiger partial charge in [0, 0.05) is 30.1 Å². The topological polar surface area (TPSA) is 380 Å². The van der Waals surface area contributed by atoms with Crippen LogP contribution in [-0.2, 0) is 35.1 Å². The number of nitrogens with one attached hydrogen (secondary N) is 2. The zero-order chi connectivity index (χ0) is 46.9. The van der Waals surface area contributed by atoms with Gasteiger partial charge in [0.1, 0.15) is 44.0 Å². The molecular formula is C36H29N9O16S3. The lowest BCUT2D eigenvalue weighted by Gasteiger charge is -2.11. The van der Waals surface area contributed by atoms with Crippen LogP contribution in [-0.4, -0.2) is 85.0 Å². The number of aromatic hydroxyl groups is 1. The number of anilines is 1. The molecule has 0 saturated carbocycles. The zero-order valence-corrected chi connectivity index (χ0v) is 35.0. The molecule has 6 rings (SSSR count). The third-order valence-electron chi connectivity index (χ3n) is 8.61. The van der Waals surface area contributed by atoms with Crippen molar-refractivity contribution in [3.05, 3.63) is 94.9 Å². The molecule has 25 nitrogen and oxygen atoms in total. The number of hydrogen-bond donors (Lipinski definition) is 7. The molecule has 1 aromatic heterocycles. The maximum Gasteiger partial charge on any atom is 0.356 e. The summed E-state index contributed by atoms with van der Waals surface area (Å²) in [6.45, 7) is 1.19. The van der Waals surface area contributed by atoms with Gasteiger partial charge in [-0.05, 0) is 72.1 Å². The van der Waals surface area contributed by atoms with E-state index >= 15 is 0 Å². The Balaban J connectivity index is 1.35. The summed E-state index contributed by atoms with van der Waals surface area (Å²) >= 11 is 0. The maximum atomic E-state index is 13.2. The summed E-state index contributed by atoms with van der Waals surface area (Å²) in [6.07, 6.45) is 0. The summed E-state index contributed by atoms with van der Waals surface area (Å²) in [5.74, 6) is -3.09. The van der Waals surface area contributed by atoms with Crippen molar-refractivity contribution in [2.75, 3.05) is 19.5 Å². The van der Waals surface area contributed by atoms with Crippen molar-refractivity contribution in [1.82, 2.24) is 9.78 Å². The van der Waals surface area contributed by atoms with Crippen LogP contribution in [0.3, 0.4) is 0 Å². The summed E-state index contributed by atoms with van der Waals surface area (Å²) in [4.78, 5) is 34.5. The SMILES string of the molecule is COc1cc(N=Nc2c(S(=O)(=O)O)cc3cc(N=Nc4c(C(=O)O)[nH]n(-c5ccc(S(=O)(=O)O)cc5)c4=O)ccc3c2O)c(OC)cc1N=Nc1ccc(NC(C)=O)cc1S(=O)(=O)O. The number of benzene rings is 5. The first-order valence-electron chi connectivity index (χ1n) is 17.3. The lowest BCUT2D eigenvalue weighted by atomic mass is 10.1. The normalized spacial score (nSPS) is 12.4. The van der Waals surface area contributed by atoms with Gasteiger partial charge in [0.2, 0.25) is 5.91 Å². The summed E-state index contributed by atoms with van der Waals surface area (Å²) in [6, 6.07) is 14.6. The predicted octanol–water partition coefficient (Wildman–Crippen LogP) is 6.68. The predicted molar refractivity (Wildman–Crippen MR) is 221 cm³/mol. The molecule has 332 valence electrons. The Morgan fingerprint density at radius 2 is 1.25 bits per heavy atom. The number of aromatic carboxylic acids is 1. The monoisotopic (exact) mass is 939 g/mol. The molecule has 0 saturated heterocycles. The molecule has 0 aliphatic carbocycles. The van der Waals surface area contributed by atoms with Gasteiger partial charge < -0.3 is 25.0 Å². The minimum Gasteiger partial charge on any atom is -0.505 e. The number of phenolic OH excluding ortho intramolecular Hbond substituents is 1. The molecule has 0 aliphatic rings. The standard InChI is InChI=1S/C36H29N9O16S3/c1-17(46)37-19-5-11-24(29(14-19)63(54,55)56)39-40-25-15-28(61-3)26(16-27(25)60-2)41-42-31-30(64(57,58)59)13-18-12-20(4-10-23(18)34(31)47)38-43-32-33(36(49)50)44-45(35(32)48)21-6-8-22(9-7-21)62(51,52)53/h4-16,44,47H,1-3H3,(H,37,46)(H,49,50)(H,51,52,53)(H,54,55,56)(H,57,58,59). The number of carbonyl (C=O) groups excluding carboxylic acids is 1. The lowest BCUT2D eigenvalue weighted by molar-refractivity contribution is -0.114. The molecule has 0 spiro atoms. The zero-order valence-electron chi connectivity index (χ0n) is 32.6. The number of aromatic nitrogens is 2. The average Bonchev–Trinajstić information content (AvgIpc) is 3.56. The Bertz CT molecular complexity index is 3400. The molecule has 1 amide bonds. The van der Waals surface area contributed by atoms with Crippen molar-refractivity contribution in [2.45, 2.75) is 21.6 Å². The fourth-order valence-corrected chi connectivity index (χ4v) is 7.53. The number of carbonyl (C=O) groups is 2. The van der Waals surface area contributed by atoms with E-state index in [1.807, 2.05) is 0 Å². The van der Waals surface area contributed by atoms with Crippen LogP contribution in [0, 0.1) is 0 Å². The van der Waals surface area contributed by atoms with E-state index in [9.17, 15) is 63.5 Å². The van der Waals surface area contributed by atoms with Crippen molar-refractivity contribution in [3.63, 3.8) is 0 Å². The van der Waals surface area contributed by atoms with Crippen molar-refractivity contribution < 1.29 is 68.2 Å². The number of hydrogen-bond acceptors (Lipinski definition) is 18. The highest BCUT2D eigenvalue weighted by molar-refractivity contribution is 7.86. The number of azo groups is 3. The Morgan fingerprint density at radius 1 is 0.672 bits per heavy atom. The van der Waals surface area contributed by atoms with E-state index in [4.69, 9.17) is 9.47 Å². The second kappa shape index (κ2) is 17.5. The first-order valence-corrected chi connectivity index (χ1v) is 21.7. The number of nitrogens with zero attached hydrogens (tertiary/aromatic N) is 7. The smallest absolute Gasteiger partial charge is 0.356 e. The third-order valence-corrected chi connectivity index (χ3v) is 11.2. The molecule has 0 bridgehead atoms. The van der Waals surface area contributed by atoms with Crippen LogP contribution < -0.4 is 20.3 Å². The molecule has 0 fully saturated rings. The molecule has 64 heavy (non-hydrogen) atoms. The van der Waals surface area contributed by atoms with Gasteiger partial charge in [0.05, 0.1) is 30.5 Å². The number of aromatic amines is 1. The Labute approximate surface area is 359 Å². The van der Waals surface area contributed by atoms with Crippen molar-refractivity contribution in [2.24, 2.45) is 30.7 Å². The number of phenols is 1. The third kappa shape index (κ3) is 9.80. The summed E-state index contributed by atoms with van der Waals surface area (Å²) in [5, 5.41) is 49.0. The van der Waals surface area contributed by atoms with Crippen LogP contribution in [0.5, 0.6) is 17.2 Å². The first kappa shape index (κ1) is 45.8. The molecule has 0 aliphatic heterocycles. The summed E-state index contributed by atoms with van der Waals surface area (Å²) in [5.41, 5.74) is -3.82. The number of amides is 1. The van der Waals surface area contributed by atoms with Gasteiger partial charge in [-0.2, -0.15) is 30.4 Å². The largest absolute Gasteiger partial charge is 0.505 e. The first-order chi connectivity index (χ1) is 30.0. The van der Waals surface area contributed by atoms with Gasteiger partial charge in [-0.15, -0.1) is 25.6 Å². The fourth-order valence-electron chi connectivity index (χ4n) is 5.74. The number of methoxy groups -OCH3 is 2. The van der Waals surface area contributed by atoms with Gasteiger partial charge in [0.15, 0.2) is 17.1 Å². The summed E-state index contributed by atoms with van der Waals surface area (Å²) in [7, 11) is -12.1. The second-order valence-electron chi connectivity index (χ2n) is 12.8. The van der Waals surface area contributed by atoms with Crippen LogP contribution >= 0.6 is 0 Å². The van der Waals surface area contributed by atoms with Gasteiger partial charge in [-0.1, -0.05) is 0 Å². The van der Waals surface area contributed by atoms with E-state index in [0.717, 1.165) is 41.1 Å². The Morgan fingerprint density at radius 3 is 1.80 bits per heavy atom. The number of rotatable bonds is 14. The molecule has 0 radical (unpaired) electrons. The highest BCUT2D eigenvalue weighted by atomic mass is 32.2. The van der Waals surface area contributed by atoms with Crippen LogP contribution in [0.15, 0.2) is 129 Å². The van der Waals surface area contributed by atoms with Gasteiger partial charge in [0.25, 0.3) is 35.9 Å². The number of H-pyrrole nitrogens is 1. The second-order valence-corrected chi connectivity index (χ2v) is 17.0. The lowest BCUT2D eigenvalue weighted by Crippen LogP contribution is -2.14. The van der Waals surface area contributed by atoms with Crippen LogP contribution in [0.25, 0.3) is 16.5 Å². The van der Waals surface area contributed by atoms with E-state index in [2.05, 4.69) is 41.1 Å². The molecule has 28 heteroatoms. The fraction of sp³-hybridized carbons (Fsp3) is 0.0833. The minimum atomic E-state index is -5.16. The quantitative estimate of drug-likeness (QED) is 0.0442. The van der Waals surface area contributed by atoms with E-state index in [1.54, 1.807) is 0 Å². The Kier molecular flexibility index (Phi) is 12.5. The number of ether oxygens (including phenoxy) is 2.